The molecule has 98 valence electrons. The van der Waals surface area contributed by atoms with Crippen molar-refractivity contribution >= 4 is 11.9 Å². The molecule has 0 aromatic carbocycles. The molecule has 0 bridgehead atoms. The second-order valence-electron chi connectivity index (χ2n) is 5.13. The molecule has 0 radical (unpaired) electrons. The molecule has 0 aliphatic carbocycles. The third-order valence-electron chi connectivity index (χ3n) is 2.97. The molecular formula is C11H23N5O. The van der Waals surface area contributed by atoms with Crippen molar-refractivity contribution in [3.05, 3.63) is 0 Å². The van der Waals surface area contributed by atoms with Crippen LogP contribution < -0.4 is 11.3 Å². The van der Waals surface area contributed by atoms with Gasteiger partial charge in [-0.3, -0.25) is 10.2 Å². The van der Waals surface area contributed by atoms with Crippen LogP contribution in [0.5, 0.6) is 0 Å². The van der Waals surface area contributed by atoms with Crippen molar-refractivity contribution in [3.8, 4) is 0 Å². The molecule has 0 saturated carbocycles. The molecule has 17 heavy (non-hydrogen) atoms. The molecule has 0 spiro atoms. The molecule has 1 rings (SSSR count). The Hall–Kier alpha value is -1.30. The van der Waals surface area contributed by atoms with Crippen LogP contribution in [0.1, 0.15) is 27.7 Å². The average Bonchev–Trinajstić information content (AvgIpc) is 2.23. The number of carbonyl (C=O) groups excluding carboxylic acids is 1. The van der Waals surface area contributed by atoms with Gasteiger partial charge in [-0.05, 0) is 27.7 Å². The Kier molecular flexibility index (Phi) is 3.98. The molecular weight excluding hydrogens is 218 g/mol. The highest BCUT2D eigenvalue weighted by Crippen LogP contribution is 2.21. The predicted octanol–water partition coefficient (Wildman–Crippen LogP) is -0.233. The molecule has 1 saturated heterocycles. The van der Waals surface area contributed by atoms with Crippen molar-refractivity contribution in [2.45, 2.75) is 39.3 Å². The van der Waals surface area contributed by atoms with Crippen LogP contribution in [0.3, 0.4) is 0 Å². The second-order valence-corrected chi connectivity index (χ2v) is 5.13. The zero-order valence-corrected chi connectivity index (χ0v) is 11.3. The number of hydrazine groups is 1. The molecule has 1 amide bonds. The van der Waals surface area contributed by atoms with Gasteiger partial charge in [0.15, 0.2) is 0 Å². The summed E-state index contributed by atoms with van der Waals surface area (Å²) in [6, 6.07) is 0.131. The number of hydrogen-bond acceptors (Lipinski definition) is 3. The van der Waals surface area contributed by atoms with E-state index in [9.17, 15) is 4.79 Å². The highest BCUT2D eigenvalue weighted by Gasteiger charge is 2.42. The first-order chi connectivity index (χ1) is 7.80. The lowest BCUT2D eigenvalue weighted by molar-refractivity contribution is -0.143. The number of piperazine rings is 1. The van der Waals surface area contributed by atoms with Crippen LogP contribution in [0.2, 0.25) is 0 Å². The monoisotopic (exact) mass is 241 g/mol. The zero-order chi connectivity index (χ0) is 13.2. The largest absolute Gasteiger partial charge is 0.342 e. The van der Waals surface area contributed by atoms with E-state index >= 15 is 0 Å². The Labute approximate surface area is 103 Å². The number of nitrogens with zero attached hydrogens (tertiary/aromatic N) is 3. The lowest BCUT2D eigenvalue weighted by atomic mass is 9.98. The van der Waals surface area contributed by atoms with E-state index in [2.05, 4.69) is 10.4 Å². The number of nitrogens with two attached hydrogens (primary N) is 1. The Bertz CT molecular complexity index is 324. The summed E-state index contributed by atoms with van der Waals surface area (Å²) in [7, 11) is 1.82. The SMILES string of the molecule is CC(C)N=C(NN)N1CCN(C)C(=O)C1(C)C. The standard InChI is InChI=1S/C11H23N5O/c1-8(2)13-10(14-12)16-7-6-15(5)9(17)11(16,3)4/h8H,6-7,12H2,1-5H3,(H,13,14). The van der Waals surface area contributed by atoms with Crippen LogP contribution >= 0.6 is 0 Å². The predicted molar refractivity (Wildman–Crippen MR) is 68.3 cm³/mol. The van der Waals surface area contributed by atoms with Crippen molar-refractivity contribution in [2.75, 3.05) is 20.1 Å². The van der Waals surface area contributed by atoms with Gasteiger partial charge in [-0.2, -0.15) is 0 Å². The topological polar surface area (TPSA) is 74.0 Å². The third-order valence-corrected chi connectivity index (χ3v) is 2.97. The van der Waals surface area contributed by atoms with Crippen LogP contribution in [0.4, 0.5) is 0 Å². The van der Waals surface area contributed by atoms with E-state index in [1.807, 2.05) is 39.6 Å². The van der Waals surface area contributed by atoms with Gasteiger partial charge in [-0.25, -0.2) is 10.8 Å². The van der Waals surface area contributed by atoms with E-state index in [1.54, 1.807) is 4.90 Å². The van der Waals surface area contributed by atoms with Gasteiger partial charge in [0.1, 0.15) is 5.54 Å². The molecule has 1 heterocycles. The van der Waals surface area contributed by atoms with Crippen LogP contribution in [-0.2, 0) is 4.79 Å². The molecule has 0 unspecified atom stereocenters. The quantitative estimate of drug-likeness (QED) is 0.288. The number of hydrogen-bond donors (Lipinski definition) is 2. The summed E-state index contributed by atoms with van der Waals surface area (Å²) >= 11 is 0. The molecule has 6 heteroatoms. The van der Waals surface area contributed by atoms with Crippen molar-refractivity contribution in [2.24, 2.45) is 10.8 Å². The lowest BCUT2D eigenvalue weighted by Gasteiger charge is -2.45. The lowest BCUT2D eigenvalue weighted by Crippen LogP contribution is -2.66. The molecule has 0 aromatic rings. The van der Waals surface area contributed by atoms with Crippen molar-refractivity contribution in [3.63, 3.8) is 0 Å². The van der Waals surface area contributed by atoms with E-state index in [-0.39, 0.29) is 11.9 Å². The summed E-state index contributed by atoms with van der Waals surface area (Å²) in [5.74, 6) is 6.16. The summed E-state index contributed by atoms with van der Waals surface area (Å²) < 4.78 is 0. The number of aliphatic imine (C=N–C) groups is 1. The first kappa shape index (κ1) is 13.8. The fourth-order valence-electron chi connectivity index (χ4n) is 2.01. The maximum Gasteiger partial charge on any atom is 0.247 e. The van der Waals surface area contributed by atoms with Crippen LogP contribution in [-0.4, -0.2) is 53.4 Å². The number of guanidine groups is 1. The van der Waals surface area contributed by atoms with E-state index in [0.29, 0.717) is 12.5 Å². The normalized spacial score (nSPS) is 21.1. The summed E-state index contributed by atoms with van der Waals surface area (Å²) in [5, 5.41) is 0. The van der Waals surface area contributed by atoms with Gasteiger partial charge in [-0.1, -0.05) is 0 Å². The molecule has 0 atom stereocenters. The number of nitrogens with one attached hydrogen (secondary N) is 1. The highest BCUT2D eigenvalue weighted by atomic mass is 16.2. The van der Waals surface area contributed by atoms with E-state index in [0.717, 1.165) is 6.54 Å². The Balaban J connectivity index is 3.01. The summed E-state index contributed by atoms with van der Waals surface area (Å²) in [5.41, 5.74) is 1.98. The van der Waals surface area contributed by atoms with Gasteiger partial charge in [0.05, 0.1) is 0 Å². The highest BCUT2D eigenvalue weighted by molar-refractivity contribution is 5.92. The van der Waals surface area contributed by atoms with Gasteiger partial charge in [0.25, 0.3) is 0 Å². The Morgan fingerprint density at radius 1 is 1.47 bits per heavy atom. The molecule has 0 aromatic heterocycles. The molecule has 1 aliphatic rings. The van der Waals surface area contributed by atoms with Crippen molar-refractivity contribution in [1.29, 1.82) is 0 Å². The molecule has 3 N–H and O–H groups in total. The summed E-state index contributed by atoms with van der Waals surface area (Å²) in [6.45, 7) is 9.13. The van der Waals surface area contributed by atoms with Gasteiger partial charge in [0.2, 0.25) is 11.9 Å². The van der Waals surface area contributed by atoms with E-state index in [1.165, 1.54) is 0 Å². The minimum absolute atomic E-state index is 0.0791. The van der Waals surface area contributed by atoms with Gasteiger partial charge in [0, 0.05) is 26.2 Å². The number of rotatable bonds is 1. The molecule has 1 fully saturated rings. The fraction of sp³-hybridized carbons (Fsp3) is 0.818. The average molecular weight is 241 g/mol. The van der Waals surface area contributed by atoms with Crippen LogP contribution in [0.15, 0.2) is 4.99 Å². The zero-order valence-electron chi connectivity index (χ0n) is 11.3. The first-order valence-electron chi connectivity index (χ1n) is 5.88. The smallest absolute Gasteiger partial charge is 0.247 e. The summed E-state index contributed by atoms with van der Waals surface area (Å²) in [6.07, 6.45) is 0. The molecule has 1 aliphatic heterocycles. The van der Waals surface area contributed by atoms with Crippen molar-refractivity contribution in [1.82, 2.24) is 15.2 Å². The minimum atomic E-state index is -0.618. The Morgan fingerprint density at radius 2 is 2.06 bits per heavy atom. The van der Waals surface area contributed by atoms with Crippen LogP contribution in [0, 0.1) is 0 Å². The number of carbonyl (C=O) groups is 1. The van der Waals surface area contributed by atoms with Gasteiger partial charge >= 0.3 is 0 Å². The minimum Gasteiger partial charge on any atom is -0.342 e. The van der Waals surface area contributed by atoms with E-state index < -0.39 is 5.54 Å². The van der Waals surface area contributed by atoms with Crippen LogP contribution in [0.25, 0.3) is 0 Å². The fourth-order valence-corrected chi connectivity index (χ4v) is 2.01. The number of amides is 1. The van der Waals surface area contributed by atoms with E-state index in [4.69, 9.17) is 5.84 Å². The number of likely N-dealkylation sites (N-methyl/N-ethyl adjacent to an activating group) is 1. The second kappa shape index (κ2) is 4.91. The van der Waals surface area contributed by atoms with Crippen molar-refractivity contribution < 1.29 is 4.79 Å². The maximum absolute atomic E-state index is 12.1. The molecule has 6 nitrogen and oxygen atoms in total. The Morgan fingerprint density at radius 3 is 2.53 bits per heavy atom. The van der Waals surface area contributed by atoms with Gasteiger partial charge < -0.3 is 9.80 Å². The van der Waals surface area contributed by atoms with Gasteiger partial charge in [-0.15, -0.1) is 0 Å². The first-order valence-corrected chi connectivity index (χ1v) is 5.88. The summed E-state index contributed by atoms with van der Waals surface area (Å²) in [4.78, 5) is 20.2. The third kappa shape index (κ3) is 2.69. The maximum atomic E-state index is 12.1.